The fourth-order valence-electron chi connectivity index (χ4n) is 2.93. The summed E-state index contributed by atoms with van der Waals surface area (Å²) in [6.07, 6.45) is 9.46. The highest BCUT2D eigenvalue weighted by Gasteiger charge is 2.50. The fourth-order valence-corrected chi connectivity index (χ4v) is 2.93. The second kappa shape index (κ2) is 4.93. The van der Waals surface area contributed by atoms with Crippen molar-refractivity contribution in [1.29, 1.82) is 0 Å². The van der Waals surface area contributed by atoms with Gasteiger partial charge in [0.25, 0.3) is 0 Å². The van der Waals surface area contributed by atoms with Gasteiger partial charge < -0.3 is 9.31 Å². The van der Waals surface area contributed by atoms with Crippen molar-refractivity contribution in [3.05, 3.63) is 0 Å². The fraction of sp³-hybridized carbons (Fsp3) is 1.00. The summed E-state index contributed by atoms with van der Waals surface area (Å²) in [4.78, 5) is 0. The Morgan fingerprint density at radius 3 is 2.00 bits per heavy atom. The van der Waals surface area contributed by atoms with Crippen LogP contribution in [-0.4, -0.2) is 18.3 Å². The van der Waals surface area contributed by atoms with Gasteiger partial charge in [-0.1, -0.05) is 38.5 Å². The Morgan fingerprint density at radius 1 is 0.941 bits per heavy atom. The van der Waals surface area contributed by atoms with E-state index in [1.807, 2.05) is 0 Å². The second-order valence-corrected chi connectivity index (χ2v) is 6.77. The zero-order chi connectivity index (χ0) is 12.5. The lowest BCUT2D eigenvalue weighted by atomic mass is 9.76. The van der Waals surface area contributed by atoms with E-state index < -0.39 is 0 Å². The van der Waals surface area contributed by atoms with Crippen LogP contribution in [0.4, 0.5) is 0 Å². The molecule has 1 aliphatic heterocycles. The number of hydrogen-bond donors (Lipinski definition) is 0. The zero-order valence-electron chi connectivity index (χ0n) is 11.9. The Bertz CT molecular complexity index is 241. The lowest BCUT2D eigenvalue weighted by molar-refractivity contribution is 0.00578. The van der Waals surface area contributed by atoms with E-state index >= 15 is 0 Å². The summed E-state index contributed by atoms with van der Waals surface area (Å²) >= 11 is 0. The molecule has 17 heavy (non-hydrogen) atoms. The van der Waals surface area contributed by atoms with Crippen LogP contribution in [0.3, 0.4) is 0 Å². The smallest absolute Gasteiger partial charge is 0.403 e. The van der Waals surface area contributed by atoms with E-state index in [4.69, 9.17) is 9.31 Å². The van der Waals surface area contributed by atoms with Crippen molar-refractivity contribution in [2.24, 2.45) is 5.92 Å². The molecule has 2 rings (SSSR count). The van der Waals surface area contributed by atoms with E-state index in [1.54, 1.807) is 0 Å². The minimum Gasteiger partial charge on any atom is -0.403 e. The zero-order valence-corrected chi connectivity index (χ0v) is 11.9. The molecule has 0 aromatic heterocycles. The van der Waals surface area contributed by atoms with Crippen molar-refractivity contribution in [2.45, 2.75) is 83.7 Å². The van der Waals surface area contributed by atoms with Crippen LogP contribution in [0.15, 0.2) is 0 Å². The molecule has 0 unspecified atom stereocenters. The van der Waals surface area contributed by atoms with Gasteiger partial charge in [-0.15, -0.1) is 0 Å². The van der Waals surface area contributed by atoms with Gasteiger partial charge in [-0.05, 0) is 39.9 Å². The Morgan fingerprint density at radius 2 is 1.47 bits per heavy atom. The summed E-state index contributed by atoms with van der Waals surface area (Å²) in [6.45, 7) is 8.53. The molecular weight excluding hydrogens is 211 g/mol. The monoisotopic (exact) mass is 238 g/mol. The molecule has 1 aliphatic carbocycles. The number of hydrogen-bond acceptors (Lipinski definition) is 2. The molecule has 0 N–H and O–H groups in total. The van der Waals surface area contributed by atoms with Crippen LogP contribution in [-0.2, 0) is 9.31 Å². The van der Waals surface area contributed by atoms with Crippen LogP contribution in [0.2, 0.25) is 6.32 Å². The van der Waals surface area contributed by atoms with Crippen LogP contribution in [0.1, 0.15) is 66.2 Å². The average molecular weight is 238 g/mol. The first-order chi connectivity index (χ1) is 7.91. The van der Waals surface area contributed by atoms with Gasteiger partial charge in [0, 0.05) is 0 Å². The quantitative estimate of drug-likeness (QED) is 0.690. The molecule has 1 saturated carbocycles. The molecule has 2 nitrogen and oxygen atoms in total. The molecule has 0 aromatic carbocycles. The second-order valence-electron chi connectivity index (χ2n) is 6.77. The SMILES string of the molecule is CC1(C)OB(CCC2CCCCC2)OC1(C)C. The molecule has 3 heteroatoms. The summed E-state index contributed by atoms with van der Waals surface area (Å²) in [5, 5.41) is 0. The lowest BCUT2D eigenvalue weighted by Gasteiger charge is -2.32. The molecule has 1 heterocycles. The Kier molecular flexibility index (Phi) is 3.89. The Balaban J connectivity index is 1.77. The standard InChI is InChI=1S/C14H27BO2/c1-13(2)14(3,4)17-15(16-13)11-10-12-8-6-5-7-9-12/h12H,5-11H2,1-4H3. The van der Waals surface area contributed by atoms with Gasteiger partial charge in [0.15, 0.2) is 0 Å². The molecule has 0 aromatic rings. The van der Waals surface area contributed by atoms with Gasteiger partial charge in [-0.3, -0.25) is 0 Å². The van der Waals surface area contributed by atoms with Crippen molar-refractivity contribution in [2.75, 3.05) is 0 Å². The first-order valence-electron chi connectivity index (χ1n) is 7.26. The largest absolute Gasteiger partial charge is 0.457 e. The molecular formula is C14H27BO2. The van der Waals surface area contributed by atoms with E-state index in [0.29, 0.717) is 0 Å². The topological polar surface area (TPSA) is 18.5 Å². The van der Waals surface area contributed by atoms with E-state index in [1.165, 1.54) is 38.5 Å². The summed E-state index contributed by atoms with van der Waals surface area (Å²) in [5.41, 5.74) is -0.325. The van der Waals surface area contributed by atoms with E-state index in [2.05, 4.69) is 27.7 Å². The van der Waals surface area contributed by atoms with Crippen LogP contribution in [0.5, 0.6) is 0 Å². The summed E-state index contributed by atoms with van der Waals surface area (Å²) < 4.78 is 12.1. The third-order valence-electron chi connectivity index (χ3n) is 4.84. The van der Waals surface area contributed by atoms with Crippen molar-refractivity contribution < 1.29 is 9.31 Å². The lowest BCUT2D eigenvalue weighted by Crippen LogP contribution is -2.41. The van der Waals surface area contributed by atoms with Gasteiger partial charge in [-0.2, -0.15) is 0 Å². The molecule has 2 fully saturated rings. The van der Waals surface area contributed by atoms with E-state index in [9.17, 15) is 0 Å². The van der Waals surface area contributed by atoms with Crippen molar-refractivity contribution in [1.82, 2.24) is 0 Å². The van der Waals surface area contributed by atoms with Crippen LogP contribution >= 0.6 is 0 Å². The van der Waals surface area contributed by atoms with Crippen LogP contribution in [0, 0.1) is 5.92 Å². The van der Waals surface area contributed by atoms with Crippen LogP contribution in [0.25, 0.3) is 0 Å². The number of rotatable bonds is 3. The summed E-state index contributed by atoms with van der Waals surface area (Å²) in [7, 11) is 0.0157. The highest BCUT2D eigenvalue weighted by Crippen LogP contribution is 2.39. The first-order valence-corrected chi connectivity index (χ1v) is 7.26. The molecule has 0 radical (unpaired) electrons. The molecule has 0 bridgehead atoms. The maximum atomic E-state index is 6.03. The van der Waals surface area contributed by atoms with E-state index in [-0.39, 0.29) is 18.3 Å². The predicted molar refractivity (Wildman–Crippen MR) is 72.1 cm³/mol. The highest BCUT2D eigenvalue weighted by molar-refractivity contribution is 6.45. The molecule has 0 amide bonds. The van der Waals surface area contributed by atoms with Gasteiger partial charge >= 0.3 is 7.12 Å². The Labute approximate surface area is 107 Å². The molecule has 0 atom stereocenters. The first kappa shape index (κ1) is 13.4. The maximum Gasteiger partial charge on any atom is 0.457 e. The third kappa shape index (κ3) is 3.06. The predicted octanol–water partition coefficient (Wildman–Crippen LogP) is 4.05. The van der Waals surface area contributed by atoms with E-state index in [0.717, 1.165) is 12.2 Å². The average Bonchev–Trinajstić information content (AvgIpc) is 2.46. The minimum absolute atomic E-state index is 0.0157. The van der Waals surface area contributed by atoms with Crippen LogP contribution < -0.4 is 0 Å². The molecule has 0 spiro atoms. The van der Waals surface area contributed by atoms with Gasteiger partial charge in [0.1, 0.15) is 0 Å². The Hall–Kier alpha value is -0.0151. The van der Waals surface area contributed by atoms with Crippen molar-refractivity contribution in [3.63, 3.8) is 0 Å². The maximum absolute atomic E-state index is 6.03. The minimum atomic E-state index is -0.162. The highest BCUT2D eigenvalue weighted by atomic mass is 16.7. The van der Waals surface area contributed by atoms with Gasteiger partial charge in [0.05, 0.1) is 11.2 Å². The molecule has 2 aliphatic rings. The molecule has 1 saturated heterocycles. The summed E-state index contributed by atoms with van der Waals surface area (Å²) in [6, 6.07) is 0. The normalized spacial score (nSPS) is 28.6. The van der Waals surface area contributed by atoms with Crippen molar-refractivity contribution in [3.8, 4) is 0 Å². The van der Waals surface area contributed by atoms with Crippen molar-refractivity contribution >= 4 is 7.12 Å². The van der Waals surface area contributed by atoms with Gasteiger partial charge in [-0.25, -0.2) is 0 Å². The summed E-state index contributed by atoms with van der Waals surface area (Å²) in [5.74, 6) is 0.919. The molecule has 98 valence electrons. The van der Waals surface area contributed by atoms with Gasteiger partial charge in [0.2, 0.25) is 0 Å². The third-order valence-corrected chi connectivity index (χ3v) is 4.84.